The Labute approximate surface area is 106 Å². The van der Waals surface area contributed by atoms with Gasteiger partial charge in [0, 0.05) is 18.1 Å². The van der Waals surface area contributed by atoms with Crippen LogP contribution in [-0.2, 0) is 12.6 Å². The van der Waals surface area contributed by atoms with Crippen LogP contribution in [-0.4, -0.2) is 15.9 Å². The minimum Gasteiger partial charge on any atom is -0.360 e. The molecule has 7 heteroatoms. The van der Waals surface area contributed by atoms with Crippen molar-refractivity contribution >= 4 is 16.7 Å². The van der Waals surface area contributed by atoms with E-state index < -0.39 is 12.0 Å². The maximum Gasteiger partial charge on any atom is 0.452 e. The highest BCUT2D eigenvalue weighted by atomic mass is 32.1. The zero-order valence-corrected chi connectivity index (χ0v) is 10.1. The first-order valence-corrected chi connectivity index (χ1v) is 6.02. The molecule has 0 aliphatic heterocycles. The van der Waals surface area contributed by atoms with Gasteiger partial charge in [-0.25, -0.2) is 0 Å². The van der Waals surface area contributed by atoms with E-state index in [9.17, 15) is 13.2 Å². The number of hydrogen-bond donors (Lipinski definition) is 1. The second-order valence-electron chi connectivity index (χ2n) is 3.58. The summed E-state index contributed by atoms with van der Waals surface area (Å²) in [6, 6.07) is 9.67. The summed E-state index contributed by atoms with van der Waals surface area (Å²) in [6.45, 7) is 0.524. The van der Waals surface area contributed by atoms with Crippen molar-refractivity contribution < 1.29 is 13.2 Å². The Hall–Kier alpha value is -1.63. The molecule has 18 heavy (non-hydrogen) atoms. The van der Waals surface area contributed by atoms with Crippen LogP contribution in [0.15, 0.2) is 30.3 Å². The molecule has 0 bridgehead atoms. The second-order valence-corrected chi connectivity index (χ2v) is 4.34. The molecule has 0 amide bonds. The van der Waals surface area contributed by atoms with Crippen molar-refractivity contribution in [3.8, 4) is 0 Å². The highest BCUT2D eigenvalue weighted by molar-refractivity contribution is 7.09. The van der Waals surface area contributed by atoms with E-state index in [1.807, 2.05) is 30.3 Å². The van der Waals surface area contributed by atoms with Crippen LogP contribution >= 0.6 is 11.5 Å². The van der Waals surface area contributed by atoms with Gasteiger partial charge in [-0.1, -0.05) is 30.3 Å². The van der Waals surface area contributed by atoms with Crippen LogP contribution in [0.4, 0.5) is 18.3 Å². The van der Waals surface area contributed by atoms with Crippen LogP contribution in [0.25, 0.3) is 0 Å². The van der Waals surface area contributed by atoms with Gasteiger partial charge in [-0.15, -0.1) is 0 Å². The predicted molar refractivity (Wildman–Crippen MR) is 63.5 cm³/mol. The summed E-state index contributed by atoms with van der Waals surface area (Å²) in [7, 11) is 0. The van der Waals surface area contributed by atoms with Gasteiger partial charge in [-0.05, 0) is 12.0 Å². The molecule has 0 aliphatic carbocycles. The molecule has 96 valence electrons. The lowest BCUT2D eigenvalue weighted by Crippen LogP contribution is -2.08. The first-order valence-electron chi connectivity index (χ1n) is 5.24. The zero-order chi connectivity index (χ0) is 13.0. The number of nitrogens with one attached hydrogen (secondary N) is 1. The van der Waals surface area contributed by atoms with Crippen molar-refractivity contribution in [2.24, 2.45) is 0 Å². The molecule has 3 nitrogen and oxygen atoms in total. The van der Waals surface area contributed by atoms with Crippen molar-refractivity contribution in [3.63, 3.8) is 0 Å². The maximum absolute atomic E-state index is 12.2. The third-order valence-electron chi connectivity index (χ3n) is 2.21. The first kappa shape index (κ1) is 12.8. The molecule has 0 radical (unpaired) electrons. The van der Waals surface area contributed by atoms with Gasteiger partial charge in [0.1, 0.15) is 0 Å². The molecule has 1 aromatic heterocycles. The Morgan fingerprint density at radius 3 is 2.50 bits per heavy atom. The van der Waals surface area contributed by atoms with E-state index in [4.69, 9.17) is 0 Å². The van der Waals surface area contributed by atoms with Crippen molar-refractivity contribution in [3.05, 3.63) is 41.7 Å². The Bertz CT molecular complexity index is 496. The van der Waals surface area contributed by atoms with E-state index in [1.165, 1.54) is 0 Å². The summed E-state index contributed by atoms with van der Waals surface area (Å²) in [5, 5.41) is 3.02. The fourth-order valence-electron chi connectivity index (χ4n) is 1.37. The van der Waals surface area contributed by atoms with E-state index in [1.54, 1.807) is 0 Å². The van der Waals surface area contributed by atoms with Crippen LogP contribution in [0.1, 0.15) is 11.4 Å². The molecular weight excluding hydrogens is 263 g/mol. The number of hydrogen-bond acceptors (Lipinski definition) is 4. The van der Waals surface area contributed by atoms with E-state index in [0.29, 0.717) is 6.54 Å². The number of halogens is 3. The molecule has 0 unspecified atom stereocenters. The van der Waals surface area contributed by atoms with Crippen LogP contribution in [0, 0.1) is 0 Å². The lowest BCUT2D eigenvalue weighted by molar-refractivity contribution is -0.144. The average molecular weight is 273 g/mol. The number of anilines is 1. The molecule has 1 heterocycles. The molecule has 0 fully saturated rings. The first-order chi connectivity index (χ1) is 8.55. The Morgan fingerprint density at radius 2 is 1.89 bits per heavy atom. The molecule has 2 aromatic rings. The number of benzene rings is 1. The average Bonchev–Trinajstić information content (AvgIpc) is 2.79. The fraction of sp³-hybridized carbons (Fsp3) is 0.273. The SMILES string of the molecule is FC(F)(F)c1nsc(NCCc2ccccc2)n1. The fourth-order valence-corrected chi connectivity index (χ4v) is 1.98. The molecule has 1 N–H and O–H groups in total. The molecule has 0 saturated carbocycles. The normalized spacial score (nSPS) is 11.5. The predicted octanol–water partition coefficient (Wildman–Crippen LogP) is 3.21. The molecule has 0 saturated heterocycles. The van der Waals surface area contributed by atoms with E-state index in [2.05, 4.69) is 14.7 Å². The summed E-state index contributed by atoms with van der Waals surface area (Å²) >= 11 is 0.719. The molecule has 0 aliphatic rings. The van der Waals surface area contributed by atoms with Crippen LogP contribution < -0.4 is 5.32 Å². The third-order valence-corrected chi connectivity index (χ3v) is 2.89. The summed E-state index contributed by atoms with van der Waals surface area (Å²) in [6.07, 6.45) is -3.75. The Balaban J connectivity index is 1.86. The van der Waals surface area contributed by atoms with Gasteiger partial charge >= 0.3 is 6.18 Å². The van der Waals surface area contributed by atoms with Crippen LogP contribution in [0.2, 0.25) is 0 Å². The number of nitrogens with zero attached hydrogens (tertiary/aromatic N) is 2. The largest absolute Gasteiger partial charge is 0.452 e. The topological polar surface area (TPSA) is 37.8 Å². The van der Waals surface area contributed by atoms with Gasteiger partial charge in [0.05, 0.1) is 0 Å². The monoisotopic (exact) mass is 273 g/mol. The van der Waals surface area contributed by atoms with Crippen LogP contribution in [0.3, 0.4) is 0 Å². The highest BCUT2D eigenvalue weighted by Gasteiger charge is 2.36. The summed E-state index contributed by atoms with van der Waals surface area (Å²) in [5.74, 6) is -1.09. The van der Waals surface area contributed by atoms with Crippen LogP contribution in [0.5, 0.6) is 0 Å². The van der Waals surface area contributed by atoms with Gasteiger partial charge in [-0.3, -0.25) is 0 Å². The number of alkyl halides is 3. The van der Waals surface area contributed by atoms with Gasteiger partial charge in [0.2, 0.25) is 11.0 Å². The molecule has 1 aromatic carbocycles. The zero-order valence-electron chi connectivity index (χ0n) is 9.24. The highest BCUT2D eigenvalue weighted by Crippen LogP contribution is 2.28. The quantitative estimate of drug-likeness (QED) is 0.929. The number of aromatic nitrogens is 2. The van der Waals surface area contributed by atoms with E-state index in [-0.39, 0.29) is 5.13 Å². The van der Waals surface area contributed by atoms with Crippen molar-refractivity contribution in [2.45, 2.75) is 12.6 Å². The standard InChI is InChI=1S/C11H10F3N3S/c12-11(13,14)9-16-10(18-17-9)15-7-6-8-4-2-1-3-5-8/h1-5H,6-7H2,(H,15,16,17). The van der Waals surface area contributed by atoms with Gasteiger partial charge in [0.15, 0.2) is 0 Å². The number of rotatable bonds is 4. The summed E-state index contributed by atoms with van der Waals surface area (Å²) in [4.78, 5) is 3.38. The maximum atomic E-state index is 12.2. The lowest BCUT2D eigenvalue weighted by atomic mass is 10.2. The third kappa shape index (κ3) is 3.43. The molecule has 0 atom stereocenters. The van der Waals surface area contributed by atoms with E-state index >= 15 is 0 Å². The summed E-state index contributed by atoms with van der Waals surface area (Å²) < 4.78 is 40.0. The van der Waals surface area contributed by atoms with Gasteiger partial charge in [0.25, 0.3) is 0 Å². The van der Waals surface area contributed by atoms with E-state index in [0.717, 1.165) is 23.5 Å². The van der Waals surface area contributed by atoms with Crippen molar-refractivity contribution in [1.82, 2.24) is 9.36 Å². The molecule has 2 rings (SSSR count). The lowest BCUT2D eigenvalue weighted by Gasteiger charge is -2.02. The van der Waals surface area contributed by atoms with Crippen molar-refractivity contribution in [1.29, 1.82) is 0 Å². The Kier molecular flexibility index (Phi) is 3.81. The Morgan fingerprint density at radius 1 is 1.17 bits per heavy atom. The minimum absolute atomic E-state index is 0.193. The van der Waals surface area contributed by atoms with Gasteiger partial charge in [-0.2, -0.15) is 22.5 Å². The minimum atomic E-state index is -4.48. The molecule has 0 spiro atoms. The molecular formula is C11H10F3N3S. The smallest absolute Gasteiger partial charge is 0.360 e. The second kappa shape index (κ2) is 5.34. The van der Waals surface area contributed by atoms with Gasteiger partial charge < -0.3 is 5.32 Å². The summed E-state index contributed by atoms with van der Waals surface area (Å²) in [5.41, 5.74) is 1.12. The van der Waals surface area contributed by atoms with Crippen molar-refractivity contribution in [2.75, 3.05) is 11.9 Å².